The minimum Gasteiger partial charge on any atom is -0.379 e. The standard InChI is InChI=1S/C11H22N2O2S/c1-3-16-7-4-9(2)13-10(14)11(12)5-6-15-8-11/h9H,3-8,12H2,1-2H3,(H,13,14). The van der Waals surface area contributed by atoms with Crippen molar-refractivity contribution in [2.24, 2.45) is 5.73 Å². The van der Waals surface area contributed by atoms with Crippen LogP contribution in [0.3, 0.4) is 0 Å². The molecule has 1 saturated heterocycles. The number of amides is 1. The summed E-state index contributed by atoms with van der Waals surface area (Å²) >= 11 is 1.89. The summed E-state index contributed by atoms with van der Waals surface area (Å²) in [4.78, 5) is 11.9. The molecular weight excluding hydrogens is 224 g/mol. The van der Waals surface area contributed by atoms with Crippen molar-refractivity contribution in [2.75, 3.05) is 24.7 Å². The summed E-state index contributed by atoms with van der Waals surface area (Å²) in [6.45, 7) is 5.09. The number of carbonyl (C=O) groups excluding carboxylic acids is 1. The van der Waals surface area contributed by atoms with E-state index in [9.17, 15) is 4.79 Å². The highest BCUT2D eigenvalue weighted by molar-refractivity contribution is 7.99. The second kappa shape index (κ2) is 6.47. The molecule has 0 spiro atoms. The smallest absolute Gasteiger partial charge is 0.242 e. The molecule has 0 bridgehead atoms. The van der Waals surface area contributed by atoms with Crippen LogP contribution in [0.15, 0.2) is 0 Å². The molecule has 16 heavy (non-hydrogen) atoms. The van der Waals surface area contributed by atoms with E-state index < -0.39 is 5.54 Å². The first-order valence-corrected chi connectivity index (χ1v) is 6.99. The summed E-state index contributed by atoms with van der Waals surface area (Å²) in [6, 6.07) is 0.188. The molecule has 1 heterocycles. The molecule has 2 unspecified atom stereocenters. The molecule has 1 aliphatic heterocycles. The van der Waals surface area contributed by atoms with Crippen LogP contribution in [0.25, 0.3) is 0 Å². The van der Waals surface area contributed by atoms with E-state index in [1.54, 1.807) is 0 Å². The molecule has 1 aliphatic rings. The Morgan fingerprint density at radius 3 is 3.00 bits per heavy atom. The van der Waals surface area contributed by atoms with Gasteiger partial charge in [-0.05, 0) is 31.3 Å². The lowest BCUT2D eigenvalue weighted by Crippen LogP contribution is -2.56. The van der Waals surface area contributed by atoms with Crippen molar-refractivity contribution in [3.63, 3.8) is 0 Å². The number of nitrogens with two attached hydrogens (primary N) is 1. The summed E-state index contributed by atoms with van der Waals surface area (Å²) in [5.74, 6) is 2.13. The van der Waals surface area contributed by atoms with Crippen LogP contribution in [0, 0.1) is 0 Å². The molecule has 0 aromatic rings. The van der Waals surface area contributed by atoms with Gasteiger partial charge in [0.05, 0.1) is 6.61 Å². The summed E-state index contributed by atoms with van der Waals surface area (Å²) in [5, 5.41) is 2.96. The van der Waals surface area contributed by atoms with Crippen LogP contribution in [0.4, 0.5) is 0 Å². The monoisotopic (exact) mass is 246 g/mol. The van der Waals surface area contributed by atoms with Gasteiger partial charge < -0.3 is 15.8 Å². The van der Waals surface area contributed by atoms with Crippen molar-refractivity contribution >= 4 is 17.7 Å². The molecule has 0 aliphatic carbocycles. The lowest BCUT2D eigenvalue weighted by atomic mass is 9.99. The molecule has 1 rings (SSSR count). The lowest BCUT2D eigenvalue weighted by Gasteiger charge is -2.23. The van der Waals surface area contributed by atoms with E-state index >= 15 is 0 Å². The molecule has 3 N–H and O–H groups in total. The SMILES string of the molecule is CCSCCC(C)NC(=O)C1(N)CCOC1. The van der Waals surface area contributed by atoms with Gasteiger partial charge in [-0.25, -0.2) is 0 Å². The third-order valence-corrected chi connectivity index (χ3v) is 3.71. The molecule has 0 radical (unpaired) electrons. The molecule has 0 aromatic heterocycles. The molecule has 1 amide bonds. The van der Waals surface area contributed by atoms with E-state index in [0.29, 0.717) is 19.6 Å². The highest BCUT2D eigenvalue weighted by atomic mass is 32.2. The Kier molecular flexibility index (Phi) is 5.58. The van der Waals surface area contributed by atoms with Gasteiger partial charge in [0.25, 0.3) is 0 Å². The predicted molar refractivity (Wildman–Crippen MR) is 67.6 cm³/mol. The maximum absolute atomic E-state index is 11.9. The van der Waals surface area contributed by atoms with Crippen molar-refractivity contribution in [1.82, 2.24) is 5.32 Å². The highest BCUT2D eigenvalue weighted by Gasteiger charge is 2.38. The van der Waals surface area contributed by atoms with Gasteiger partial charge in [0, 0.05) is 12.6 Å². The van der Waals surface area contributed by atoms with Gasteiger partial charge >= 0.3 is 0 Å². The number of nitrogens with one attached hydrogen (secondary N) is 1. The molecule has 0 saturated carbocycles. The Bertz CT molecular complexity index is 230. The van der Waals surface area contributed by atoms with Crippen LogP contribution in [0.2, 0.25) is 0 Å². The summed E-state index contributed by atoms with van der Waals surface area (Å²) in [7, 11) is 0. The topological polar surface area (TPSA) is 64.4 Å². The van der Waals surface area contributed by atoms with Gasteiger partial charge in [0.2, 0.25) is 5.91 Å². The summed E-state index contributed by atoms with van der Waals surface area (Å²) in [5.41, 5.74) is 5.16. The van der Waals surface area contributed by atoms with Crippen LogP contribution in [0.5, 0.6) is 0 Å². The van der Waals surface area contributed by atoms with Crippen molar-refractivity contribution in [1.29, 1.82) is 0 Å². The number of rotatable bonds is 6. The minimum atomic E-state index is -0.799. The molecule has 2 atom stereocenters. The van der Waals surface area contributed by atoms with Gasteiger partial charge in [-0.1, -0.05) is 6.92 Å². The number of thioether (sulfide) groups is 1. The average molecular weight is 246 g/mol. The molecule has 5 heteroatoms. The van der Waals surface area contributed by atoms with Gasteiger partial charge in [0.15, 0.2) is 0 Å². The van der Waals surface area contributed by atoms with Gasteiger partial charge in [-0.3, -0.25) is 4.79 Å². The Labute approximate surface area is 102 Å². The van der Waals surface area contributed by atoms with E-state index in [1.807, 2.05) is 18.7 Å². The zero-order chi connectivity index (χ0) is 12.0. The number of hydrogen-bond donors (Lipinski definition) is 2. The minimum absolute atomic E-state index is 0.0704. The first kappa shape index (κ1) is 13.8. The molecular formula is C11H22N2O2S. The fourth-order valence-electron chi connectivity index (χ4n) is 1.60. The summed E-state index contributed by atoms with van der Waals surface area (Å²) < 4.78 is 5.17. The Morgan fingerprint density at radius 2 is 2.44 bits per heavy atom. The Morgan fingerprint density at radius 1 is 1.69 bits per heavy atom. The van der Waals surface area contributed by atoms with Crippen molar-refractivity contribution in [3.05, 3.63) is 0 Å². The highest BCUT2D eigenvalue weighted by Crippen LogP contribution is 2.16. The number of ether oxygens (including phenoxy) is 1. The third-order valence-electron chi connectivity index (χ3n) is 2.78. The number of carbonyl (C=O) groups is 1. The van der Waals surface area contributed by atoms with E-state index in [1.165, 1.54) is 0 Å². The van der Waals surface area contributed by atoms with Crippen molar-refractivity contribution in [3.8, 4) is 0 Å². The second-order valence-electron chi connectivity index (χ2n) is 4.32. The van der Waals surface area contributed by atoms with E-state index in [4.69, 9.17) is 10.5 Å². The zero-order valence-electron chi connectivity index (χ0n) is 10.1. The average Bonchev–Trinajstić information content (AvgIpc) is 2.67. The lowest BCUT2D eigenvalue weighted by molar-refractivity contribution is -0.127. The third kappa shape index (κ3) is 3.96. The van der Waals surface area contributed by atoms with E-state index in [2.05, 4.69) is 12.2 Å². The Balaban J connectivity index is 2.27. The first-order chi connectivity index (χ1) is 7.58. The predicted octanol–water partition coefficient (Wildman–Crippen LogP) is 0.752. The largest absolute Gasteiger partial charge is 0.379 e. The molecule has 4 nitrogen and oxygen atoms in total. The second-order valence-corrected chi connectivity index (χ2v) is 5.71. The molecule has 0 aromatic carbocycles. The van der Waals surface area contributed by atoms with Crippen LogP contribution < -0.4 is 11.1 Å². The maximum Gasteiger partial charge on any atom is 0.242 e. The van der Waals surface area contributed by atoms with Gasteiger partial charge in [-0.2, -0.15) is 11.8 Å². The first-order valence-electron chi connectivity index (χ1n) is 5.84. The van der Waals surface area contributed by atoms with Crippen molar-refractivity contribution in [2.45, 2.75) is 38.3 Å². The van der Waals surface area contributed by atoms with Crippen LogP contribution in [-0.4, -0.2) is 42.2 Å². The quantitative estimate of drug-likeness (QED) is 0.679. The fourth-order valence-corrected chi connectivity index (χ4v) is 2.41. The fraction of sp³-hybridized carbons (Fsp3) is 0.909. The van der Waals surface area contributed by atoms with Crippen LogP contribution in [-0.2, 0) is 9.53 Å². The van der Waals surface area contributed by atoms with E-state index in [0.717, 1.165) is 17.9 Å². The van der Waals surface area contributed by atoms with Crippen molar-refractivity contribution < 1.29 is 9.53 Å². The van der Waals surface area contributed by atoms with Gasteiger partial charge in [-0.15, -0.1) is 0 Å². The molecule has 94 valence electrons. The summed E-state index contributed by atoms with van der Waals surface area (Å²) in [6.07, 6.45) is 1.61. The van der Waals surface area contributed by atoms with Crippen LogP contribution >= 0.6 is 11.8 Å². The van der Waals surface area contributed by atoms with Gasteiger partial charge in [0.1, 0.15) is 5.54 Å². The number of hydrogen-bond acceptors (Lipinski definition) is 4. The van der Waals surface area contributed by atoms with E-state index in [-0.39, 0.29) is 11.9 Å². The normalized spacial score (nSPS) is 26.7. The van der Waals surface area contributed by atoms with Crippen LogP contribution in [0.1, 0.15) is 26.7 Å². The Hall–Kier alpha value is -0.260. The zero-order valence-corrected chi connectivity index (χ0v) is 10.9. The maximum atomic E-state index is 11.9. The molecule has 1 fully saturated rings.